The van der Waals surface area contributed by atoms with Crippen LogP contribution in [0.15, 0.2) is 30.3 Å². The molecular weight excluding hydrogens is 276 g/mol. The third kappa shape index (κ3) is 4.20. The molecule has 0 radical (unpaired) electrons. The van der Waals surface area contributed by atoms with Crippen LogP contribution in [0.5, 0.6) is 0 Å². The Hall–Kier alpha value is -0.780. The van der Waals surface area contributed by atoms with E-state index in [-0.39, 0.29) is 0 Å². The molecule has 0 nitrogen and oxygen atoms in total. The number of hydrogen-bond donors (Lipinski definition) is 0. The lowest BCUT2D eigenvalue weighted by molar-refractivity contribution is 0.136. The van der Waals surface area contributed by atoms with E-state index in [1.54, 1.807) is 5.56 Å². The van der Waals surface area contributed by atoms with Crippen molar-refractivity contribution < 1.29 is 0 Å². The van der Waals surface area contributed by atoms with Crippen LogP contribution in [0.1, 0.15) is 89.5 Å². The highest BCUT2D eigenvalue weighted by atomic mass is 14.4. The summed E-state index contributed by atoms with van der Waals surface area (Å²) in [5.41, 5.74) is 1.59. The lowest BCUT2D eigenvalue weighted by Gasteiger charge is -2.39. The number of hydrogen-bond acceptors (Lipinski definition) is 0. The van der Waals surface area contributed by atoms with Gasteiger partial charge in [-0.25, -0.2) is 0 Å². The highest BCUT2D eigenvalue weighted by Gasteiger charge is 2.32. The van der Waals surface area contributed by atoms with Gasteiger partial charge >= 0.3 is 0 Å². The zero-order valence-electron chi connectivity index (χ0n) is 15.3. The summed E-state index contributed by atoms with van der Waals surface area (Å²) in [5.74, 6) is 4.90. The third-order valence-electron chi connectivity index (χ3n) is 7.19. The summed E-state index contributed by atoms with van der Waals surface area (Å²) >= 11 is 0. The Labute approximate surface area is 144 Å². The van der Waals surface area contributed by atoms with Crippen LogP contribution < -0.4 is 0 Å². The van der Waals surface area contributed by atoms with Crippen molar-refractivity contribution in [1.29, 1.82) is 0 Å². The van der Waals surface area contributed by atoms with Gasteiger partial charge in [-0.05, 0) is 80.1 Å². The van der Waals surface area contributed by atoms with Crippen LogP contribution in [0.3, 0.4) is 0 Å². The van der Waals surface area contributed by atoms with Crippen LogP contribution in [-0.2, 0) is 0 Å². The second-order valence-electron chi connectivity index (χ2n) is 8.29. The van der Waals surface area contributed by atoms with Crippen molar-refractivity contribution in [1.82, 2.24) is 0 Å². The van der Waals surface area contributed by atoms with Gasteiger partial charge in [0.05, 0.1) is 0 Å². The zero-order valence-corrected chi connectivity index (χ0v) is 15.3. The molecule has 0 saturated heterocycles. The highest BCUT2D eigenvalue weighted by molar-refractivity contribution is 5.20. The van der Waals surface area contributed by atoms with Crippen molar-refractivity contribution in [2.24, 2.45) is 23.7 Å². The van der Waals surface area contributed by atoms with E-state index < -0.39 is 0 Å². The number of rotatable bonds is 5. The average molecular weight is 313 g/mol. The molecule has 2 aliphatic rings. The van der Waals surface area contributed by atoms with Crippen LogP contribution in [-0.4, -0.2) is 0 Å². The molecule has 1 unspecified atom stereocenters. The second kappa shape index (κ2) is 8.36. The Bertz CT molecular complexity index is 432. The van der Waals surface area contributed by atoms with Crippen LogP contribution in [0, 0.1) is 23.7 Å². The van der Waals surface area contributed by atoms with E-state index in [4.69, 9.17) is 0 Å². The molecule has 0 heteroatoms. The maximum absolute atomic E-state index is 2.38. The summed E-state index contributed by atoms with van der Waals surface area (Å²) in [7, 11) is 0. The Morgan fingerprint density at radius 3 is 1.87 bits per heavy atom. The normalized spacial score (nSPS) is 33.3. The first kappa shape index (κ1) is 17.1. The van der Waals surface area contributed by atoms with E-state index >= 15 is 0 Å². The van der Waals surface area contributed by atoms with E-state index in [1.165, 1.54) is 64.2 Å². The first-order chi connectivity index (χ1) is 11.3. The monoisotopic (exact) mass is 312 g/mol. The molecule has 0 aliphatic heterocycles. The Kier molecular flexibility index (Phi) is 6.20. The van der Waals surface area contributed by atoms with Crippen LogP contribution in [0.4, 0.5) is 0 Å². The Morgan fingerprint density at radius 2 is 1.35 bits per heavy atom. The maximum Gasteiger partial charge on any atom is -0.0136 e. The van der Waals surface area contributed by atoms with Gasteiger partial charge in [-0.1, -0.05) is 63.4 Å². The molecule has 1 atom stereocenters. The predicted molar refractivity (Wildman–Crippen MR) is 101 cm³/mol. The van der Waals surface area contributed by atoms with E-state index in [0.717, 1.165) is 29.6 Å². The smallest absolute Gasteiger partial charge is 0.0136 e. The Balaban J connectivity index is 1.52. The second-order valence-corrected chi connectivity index (χ2v) is 8.29. The molecule has 1 aromatic carbocycles. The van der Waals surface area contributed by atoms with Gasteiger partial charge in [-0.2, -0.15) is 0 Å². The summed E-state index contributed by atoms with van der Waals surface area (Å²) in [6.45, 7) is 4.76. The molecule has 1 aromatic rings. The molecule has 2 saturated carbocycles. The number of benzene rings is 1. The van der Waals surface area contributed by atoms with E-state index in [0.29, 0.717) is 0 Å². The van der Waals surface area contributed by atoms with E-state index in [1.807, 2.05) is 0 Å². The minimum atomic E-state index is 0.799. The SMILES string of the molecule is CCC(c1ccccc1)C1CCC([C@H]2CC[C@H](CC)CC2)CC1. The van der Waals surface area contributed by atoms with Gasteiger partial charge in [0.2, 0.25) is 0 Å². The summed E-state index contributed by atoms with van der Waals surface area (Å²) in [6, 6.07) is 11.3. The Morgan fingerprint density at radius 1 is 0.783 bits per heavy atom. The van der Waals surface area contributed by atoms with Crippen molar-refractivity contribution in [3.63, 3.8) is 0 Å². The van der Waals surface area contributed by atoms with Gasteiger partial charge in [-0.15, -0.1) is 0 Å². The lowest BCUT2D eigenvalue weighted by Crippen LogP contribution is -2.27. The van der Waals surface area contributed by atoms with Gasteiger partial charge in [-0.3, -0.25) is 0 Å². The van der Waals surface area contributed by atoms with Gasteiger partial charge in [0, 0.05) is 0 Å². The van der Waals surface area contributed by atoms with Crippen molar-refractivity contribution in [2.45, 2.75) is 84.0 Å². The van der Waals surface area contributed by atoms with Gasteiger partial charge in [0.15, 0.2) is 0 Å². The van der Waals surface area contributed by atoms with Crippen LogP contribution >= 0.6 is 0 Å². The molecule has 0 heterocycles. The maximum atomic E-state index is 2.38. The minimum Gasteiger partial charge on any atom is -0.0651 e. The summed E-state index contributed by atoms with van der Waals surface area (Å²) < 4.78 is 0. The van der Waals surface area contributed by atoms with E-state index in [2.05, 4.69) is 44.2 Å². The lowest BCUT2D eigenvalue weighted by atomic mass is 9.66. The summed E-state index contributed by atoms with van der Waals surface area (Å²) in [4.78, 5) is 0. The first-order valence-corrected chi connectivity index (χ1v) is 10.4. The van der Waals surface area contributed by atoms with Crippen molar-refractivity contribution in [3.05, 3.63) is 35.9 Å². The zero-order chi connectivity index (χ0) is 16.1. The topological polar surface area (TPSA) is 0 Å². The molecule has 0 spiro atoms. The van der Waals surface area contributed by atoms with Crippen molar-refractivity contribution >= 4 is 0 Å². The van der Waals surface area contributed by atoms with Gasteiger partial charge in [0.1, 0.15) is 0 Å². The fraction of sp³-hybridized carbons (Fsp3) is 0.739. The minimum absolute atomic E-state index is 0.799. The fourth-order valence-electron chi connectivity index (χ4n) is 5.63. The third-order valence-corrected chi connectivity index (χ3v) is 7.19. The van der Waals surface area contributed by atoms with E-state index in [9.17, 15) is 0 Å². The molecular formula is C23H36. The van der Waals surface area contributed by atoms with Gasteiger partial charge in [0.25, 0.3) is 0 Å². The van der Waals surface area contributed by atoms with Crippen molar-refractivity contribution in [3.8, 4) is 0 Å². The van der Waals surface area contributed by atoms with Crippen LogP contribution in [0.25, 0.3) is 0 Å². The quantitative estimate of drug-likeness (QED) is 0.539. The fourth-order valence-corrected chi connectivity index (χ4v) is 5.63. The average Bonchev–Trinajstić information content (AvgIpc) is 2.64. The predicted octanol–water partition coefficient (Wildman–Crippen LogP) is 7.20. The molecule has 23 heavy (non-hydrogen) atoms. The van der Waals surface area contributed by atoms with Crippen molar-refractivity contribution in [2.75, 3.05) is 0 Å². The molecule has 128 valence electrons. The van der Waals surface area contributed by atoms with Crippen LogP contribution in [0.2, 0.25) is 0 Å². The molecule has 2 aliphatic carbocycles. The first-order valence-electron chi connectivity index (χ1n) is 10.4. The molecule has 3 rings (SSSR count). The molecule has 2 fully saturated rings. The standard InChI is InChI=1S/C23H36/c1-3-18-10-12-19(13-11-18)20-14-16-22(17-15-20)23(4-2)21-8-6-5-7-9-21/h5-9,18-20,22-23H,3-4,10-17H2,1-2H3/t18-,19-,20?,22?,23?. The summed E-state index contributed by atoms with van der Waals surface area (Å²) in [5, 5.41) is 0. The molecule has 0 bridgehead atoms. The largest absolute Gasteiger partial charge is 0.0651 e. The molecule has 0 N–H and O–H groups in total. The highest BCUT2D eigenvalue weighted by Crippen LogP contribution is 2.45. The van der Waals surface area contributed by atoms with Gasteiger partial charge < -0.3 is 0 Å². The molecule has 0 aromatic heterocycles. The molecule has 0 amide bonds. The summed E-state index contributed by atoms with van der Waals surface area (Å²) in [6.07, 6.45) is 14.8.